The molecular formula is C19H24N6O2S. The van der Waals surface area contributed by atoms with E-state index < -0.39 is 15.6 Å². The molecule has 8 nitrogen and oxygen atoms in total. The van der Waals surface area contributed by atoms with Crippen LogP contribution >= 0.6 is 0 Å². The second kappa shape index (κ2) is 8.17. The SMILES string of the molecule is CC(NC(C)(C)CNS(=O)(=O)c1cccc(-n2cnnn2)c1)c1ccccc1. The Bertz CT molecular complexity index is 1000. The standard InChI is InChI=1S/C19H24N6O2S/c1-15(16-8-5-4-6-9-16)22-19(2,3)13-21-28(26,27)18-11-7-10-17(12-18)25-14-20-23-24-25/h4-12,14-15,21-22H,13H2,1-3H3. The molecule has 1 heterocycles. The van der Waals surface area contributed by atoms with Gasteiger partial charge in [-0.3, -0.25) is 0 Å². The average molecular weight is 401 g/mol. The van der Waals surface area contributed by atoms with Crippen LogP contribution in [0.25, 0.3) is 5.69 Å². The Kier molecular flexibility index (Phi) is 5.87. The Hall–Kier alpha value is -2.62. The molecule has 2 aromatic carbocycles. The summed E-state index contributed by atoms with van der Waals surface area (Å²) in [5.74, 6) is 0. The summed E-state index contributed by atoms with van der Waals surface area (Å²) in [6.45, 7) is 6.22. The van der Waals surface area contributed by atoms with E-state index in [4.69, 9.17) is 0 Å². The van der Waals surface area contributed by atoms with Crippen molar-refractivity contribution in [1.82, 2.24) is 30.2 Å². The van der Waals surface area contributed by atoms with E-state index in [1.54, 1.807) is 18.2 Å². The molecule has 0 aliphatic rings. The van der Waals surface area contributed by atoms with Crippen LogP contribution in [0.5, 0.6) is 0 Å². The minimum absolute atomic E-state index is 0.0869. The molecule has 3 aromatic rings. The summed E-state index contributed by atoms with van der Waals surface area (Å²) in [5, 5.41) is 14.4. The highest BCUT2D eigenvalue weighted by molar-refractivity contribution is 7.89. The van der Waals surface area contributed by atoms with Gasteiger partial charge in [0, 0.05) is 18.1 Å². The van der Waals surface area contributed by atoms with E-state index in [9.17, 15) is 8.42 Å². The quantitative estimate of drug-likeness (QED) is 0.600. The van der Waals surface area contributed by atoms with Crippen molar-refractivity contribution in [3.05, 3.63) is 66.5 Å². The molecule has 0 saturated heterocycles. The number of hydrogen-bond donors (Lipinski definition) is 2. The Morgan fingerprint density at radius 1 is 1.11 bits per heavy atom. The van der Waals surface area contributed by atoms with Crippen LogP contribution in [0, 0.1) is 0 Å². The van der Waals surface area contributed by atoms with Crippen molar-refractivity contribution in [1.29, 1.82) is 0 Å². The van der Waals surface area contributed by atoms with Crippen molar-refractivity contribution in [3.63, 3.8) is 0 Å². The molecule has 1 atom stereocenters. The molecule has 0 amide bonds. The van der Waals surface area contributed by atoms with Gasteiger partial charge in [0.15, 0.2) is 0 Å². The van der Waals surface area contributed by atoms with Crippen LogP contribution in [-0.4, -0.2) is 40.7 Å². The lowest BCUT2D eigenvalue weighted by atomic mass is 10.0. The van der Waals surface area contributed by atoms with Crippen molar-refractivity contribution < 1.29 is 8.42 Å². The van der Waals surface area contributed by atoms with Gasteiger partial charge >= 0.3 is 0 Å². The van der Waals surface area contributed by atoms with Crippen molar-refractivity contribution in [3.8, 4) is 5.69 Å². The van der Waals surface area contributed by atoms with Gasteiger partial charge in [0.2, 0.25) is 10.0 Å². The summed E-state index contributed by atoms with van der Waals surface area (Å²) < 4.78 is 29.6. The summed E-state index contributed by atoms with van der Waals surface area (Å²) in [7, 11) is -3.68. The Morgan fingerprint density at radius 2 is 1.86 bits per heavy atom. The number of benzene rings is 2. The van der Waals surface area contributed by atoms with Crippen LogP contribution in [0.1, 0.15) is 32.4 Å². The molecule has 0 fully saturated rings. The zero-order chi connectivity index (χ0) is 20.2. The van der Waals surface area contributed by atoms with Gasteiger partial charge < -0.3 is 5.32 Å². The van der Waals surface area contributed by atoms with Crippen molar-refractivity contribution in [2.24, 2.45) is 0 Å². The number of sulfonamides is 1. The van der Waals surface area contributed by atoms with Crippen molar-refractivity contribution in [2.45, 2.75) is 37.2 Å². The fraction of sp³-hybridized carbons (Fsp3) is 0.316. The first-order chi connectivity index (χ1) is 13.3. The van der Waals surface area contributed by atoms with Crippen LogP contribution < -0.4 is 10.0 Å². The molecule has 9 heteroatoms. The van der Waals surface area contributed by atoms with Crippen molar-refractivity contribution in [2.75, 3.05) is 6.54 Å². The molecule has 3 rings (SSSR count). The largest absolute Gasteiger partial charge is 0.304 e. The molecule has 1 aromatic heterocycles. The summed E-state index contributed by atoms with van der Waals surface area (Å²) in [6, 6.07) is 16.6. The van der Waals surface area contributed by atoms with E-state index in [1.165, 1.54) is 17.1 Å². The first-order valence-electron chi connectivity index (χ1n) is 8.93. The Morgan fingerprint density at radius 3 is 2.54 bits per heavy atom. The first-order valence-corrected chi connectivity index (χ1v) is 10.4. The lowest BCUT2D eigenvalue weighted by molar-refractivity contribution is 0.346. The van der Waals surface area contributed by atoms with Crippen LogP contribution in [0.4, 0.5) is 0 Å². The number of nitrogens with zero attached hydrogens (tertiary/aromatic N) is 4. The molecule has 0 saturated carbocycles. The Balaban J connectivity index is 1.68. The molecular weight excluding hydrogens is 376 g/mol. The maximum atomic E-state index is 12.8. The van der Waals surface area contributed by atoms with E-state index in [0.717, 1.165) is 5.56 Å². The molecule has 148 valence electrons. The van der Waals surface area contributed by atoms with E-state index in [2.05, 4.69) is 32.5 Å². The maximum Gasteiger partial charge on any atom is 0.240 e. The van der Waals surface area contributed by atoms with Crippen LogP contribution in [0.2, 0.25) is 0 Å². The number of tetrazole rings is 1. The molecule has 1 unspecified atom stereocenters. The fourth-order valence-corrected chi connectivity index (χ4v) is 4.14. The summed E-state index contributed by atoms with van der Waals surface area (Å²) in [5.41, 5.74) is 1.27. The summed E-state index contributed by atoms with van der Waals surface area (Å²) in [4.78, 5) is 0.160. The maximum absolute atomic E-state index is 12.8. The van der Waals surface area contributed by atoms with E-state index in [-0.39, 0.29) is 17.5 Å². The lowest BCUT2D eigenvalue weighted by Gasteiger charge is -2.30. The van der Waals surface area contributed by atoms with Crippen LogP contribution in [0.3, 0.4) is 0 Å². The second-order valence-corrected chi connectivity index (χ2v) is 9.00. The topological polar surface area (TPSA) is 102 Å². The third-order valence-corrected chi connectivity index (χ3v) is 5.75. The number of nitrogens with one attached hydrogen (secondary N) is 2. The smallest absolute Gasteiger partial charge is 0.240 e. The summed E-state index contributed by atoms with van der Waals surface area (Å²) in [6.07, 6.45) is 1.41. The molecule has 0 radical (unpaired) electrons. The third kappa shape index (κ3) is 5.00. The minimum atomic E-state index is -3.68. The zero-order valence-electron chi connectivity index (χ0n) is 16.1. The molecule has 0 aliphatic carbocycles. The fourth-order valence-electron chi connectivity index (χ4n) is 2.89. The number of hydrogen-bond acceptors (Lipinski definition) is 6. The Labute approximate surface area is 165 Å². The normalized spacial score (nSPS) is 13.4. The molecule has 2 N–H and O–H groups in total. The van der Waals surface area contributed by atoms with E-state index >= 15 is 0 Å². The molecule has 28 heavy (non-hydrogen) atoms. The van der Waals surface area contributed by atoms with Crippen LogP contribution in [-0.2, 0) is 10.0 Å². The lowest BCUT2D eigenvalue weighted by Crippen LogP contribution is -2.49. The zero-order valence-corrected chi connectivity index (χ0v) is 16.9. The molecule has 0 spiro atoms. The van der Waals surface area contributed by atoms with E-state index in [1.807, 2.05) is 44.2 Å². The number of rotatable bonds is 8. The van der Waals surface area contributed by atoms with Gasteiger partial charge in [-0.25, -0.2) is 17.8 Å². The van der Waals surface area contributed by atoms with Gasteiger partial charge in [-0.1, -0.05) is 36.4 Å². The monoisotopic (exact) mass is 400 g/mol. The predicted octanol–water partition coefficient (Wildman–Crippen LogP) is 2.07. The summed E-state index contributed by atoms with van der Waals surface area (Å²) >= 11 is 0. The predicted molar refractivity (Wildman–Crippen MR) is 106 cm³/mol. The molecule has 0 bridgehead atoms. The van der Waals surface area contributed by atoms with Crippen LogP contribution in [0.15, 0.2) is 65.8 Å². The highest BCUT2D eigenvalue weighted by atomic mass is 32.2. The minimum Gasteiger partial charge on any atom is -0.304 e. The van der Waals surface area contributed by atoms with Crippen molar-refractivity contribution >= 4 is 10.0 Å². The average Bonchev–Trinajstić information content (AvgIpc) is 3.22. The second-order valence-electron chi connectivity index (χ2n) is 7.24. The highest BCUT2D eigenvalue weighted by Crippen LogP contribution is 2.17. The van der Waals surface area contributed by atoms with Gasteiger partial charge in [0.05, 0.1) is 10.6 Å². The number of aromatic nitrogens is 4. The molecule has 0 aliphatic heterocycles. The highest BCUT2D eigenvalue weighted by Gasteiger charge is 2.24. The van der Waals surface area contributed by atoms with Gasteiger partial charge in [-0.05, 0) is 55.0 Å². The van der Waals surface area contributed by atoms with Gasteiger partial charge in [-0.2, -0.15) is 0 Å². The first kappa shape index (κ1) is 20.1. The van der Waals surface area contributed by atoms with Gasteiger partial charge in [0.1, 0.15) is 6.33 Å². The van der Waals surface area contributed by atoms with E-state index in [0.29, 0.717) is 5.69 Å². The van der Waals surface area contributed by atoms with Gasteiger partial charge in [0.25, 0.3) is 0 Å². The third-order valence-electron chi connectivity index (χ3n) is 4.35. The van der Waals surface area contributed by atoms with Gasteiger partial charge in [-0.15, -0.1) is 5.10 Å².